The lowest BCUT2D eigenvalue weighted by molar-refractivity contribution is -0.113. The number of rotatable bonds is 7. The van der Waals surface area contributed by atoms with Crippen molar-refractivity contribution in [1.29, 1.82) is 0 Å². The highest BCUT2D eigenvalue weighted by Crippen LogP contribution is 2.31. The standard InChI is InChI=1S/C26H26N4O2S/c1-17-13-18(2)24(19(3)14-17)27-23(32)16-33-26-29-28-25(21-11-7-8-12-22(21)31)30(26)15-20-9-5-4-6-10-20/h4-14,31H,15-16H2,1-3H3,(H,27,32). The molecule has 168 valence electrons. The van der Waals surface area contributed by atoms with Crippen molar-refractivity contribution < 1.29 is 9.90 Å². The summed E-state index contributed by atoms with van der Waals surface area (Å²) < 4.78 is 1.94. The normalized spacial score (nSPS) is 10.9. The van der Waals surface area contributed by atoms with Gasteiger partial charge in [0, 0.05) is 5.69 Å². The molecule has 0 spiro atoms. The highest BCUT2D eigenvalue weighted by atomic mass is 32.2. The number of aromatic hydroxyl groups is 1. The summed E-state index contributed by atoms with van der Waals surface area (Å²) in [5.74, 6) is 0.790. The van der Waals surface area contributed by atoms with E-state index in [0.717, 1.165) is 22.4 Å². The van der Waals surface area contributed by atoms with Crippen LogP contribution < -0.4 is 5.32 Å². The number of nitrogens with one attached hydrogen (secondary N) is 1. The third-order valence-electron chi connectivity index (χ3n) is 5.32. The van der Waals surface area contributed by atoms with E-state index in [4.69, 9.17) is 0 Å². The highest BCUT2D eigenvalue weighted by Gasteiger charge is 2.18. The van der Waals surface area contributed by atoms with E-state index in [9.17, 15) is 9.90 Å². The number of benzene rings is 3. The first-order chi connectivity index (χ1) is 15.9. The Bertz CT molecular complexity index is 1260. The van der Waals surface area contributed by atoms with Gasteiger partial charge in [0.05, 0.1) is 17.9 Å². The molecule has 0 unspecified atom stereocenters. The largest absolute Gasteiger partial charge is 0.507 e. The number of hydrogen-bond acceptors (Lipinski definition) is 5. The summed E-state index contributed by atoms with van der Waals surface area (Å²) in [5.41, 5.74) is 5.78. The Hall–Kier alpha value is -3.58. The Morgan fingerprint density at radius 1 is 0.970 bits per heavy atom. The van der Waals surface area contributed by atoms with E-state index < -0.39 is 0 Å². The number of phenolic OH excluding ortho intramolecular Hbond substituents is 1. The molecule has 7 heteroatoms. The van der Waals surface area contributed by atoms with E-state index in [1.807, 2.05) is 67.8 Å². The monoisotopic (exact) mass is 458 g/mol. The summed E-state index contributed by atoms with van der Waals surface area (Å²) in [6.45, 7) is 6.57. The summed E-state index contributed by atoms with van der Waals surface area (Å²) in [4.78, 5) is 12.7. The lowest BCUT2D eigenvalue weighted by Crippen LogP contribution is -2.16. The van der Waals surface area contributed by atoms with Gasteiger partial charge < -0.3 is 10.4 Å². The van der Waals surface area contributed by atoms with Crippen LogP contribution in [0.15, 0.2) is 71.9 Å². The van der Waals surface area contributed by atoms with Crippen LogP contribution in [0.25, 0.3) is 11.4 Å². The molecule has 0 saturated carbocycles. The van der Waals surface area contributed by atoms with Gasteiger partial charge in [0.2, 0.25) is 5.91 Å². The first-order valence-electron chi connectivity index (χ1n) is 10.7. The first kappa shape index (κ1) is 22.6. The van der Waals surface area contributed by atoms with Crippen molar-refractivity contribution in [3.63, 3.8) is 0 Å². The van der Waals surface area contributed by atoms with Gasteiger partial charge in [0.25, 0.3) is 0 Å². The van der Waals surface area contributed by atoms with Crippen molar-refractivity contribution in [3.05, 3.63) is 89.0 Å². The second-order valence-corrected chi connectivity index (χ2v) is 8.95. The van der Waals surface area contributed by atoms with Gasteiger partial charge in [-0.15, -0.1) is 10.2 Å². The number of thioether (sulfide) groups is 1. The average molecular weight is 459 g/mol. The van der Waals surface area contributed by atoms with Gasteiger partial charge in [-0.05, 0) is 49.6 Å². The molecule has 2 N–H and O–H groups in total. The Labute approximate surface area is 197 Å². The van der Waals surface area contributed by atoms with E-state index in [2.05, 4.69) is 27.6 Å². The molecule has 0 fully saturated rings. The minimum absolute atomic E-state index is 0.103. The predicted octanol–water partition coefficient (Wildman–Crippen LogP) is 5.36. The number of hydrogen-bond donors (Lipinski definition) is 2. The van der Waals surface area contributed by atoms with Gasteiger partial charge in [-0.3, -0.25) is 9.36 Å². The van der Waals surface area contributed by atoms with Gasteiger partial charge in [-0.2, -0.15) is 0 Å². The molecule has 33 heavy (non-hydrogen) atoms. The molecule has 6 nitrogen and oxygen atoms in total. The van der Waals surface area contributed by atoms with Crippen molar-refractivity contribution in [2.75, 3.05) is 11.1 Å². The van der Waals surface area contributed by atoms with Crippen LogP contribution in [0.5, 0.6) is 5.75 Å². The maximum atomic E-state index is 12.7. The van der Waals surface area contributed by atoms with Gasteiger partial charge in [0.15, 0.2) is 11.0 Å². The topological polar surface area (TPSA) is 80.0 Å². The Kier molecular flexibility index (Phi) is 6.79. The third-order valence-corrected chi connectivity index (χ3v) is 6.29. The van der Waals surface area contributed by atoms with E-state index in [1.54, 1.807) is 12.1 Å². The van der Waals surface area contributed by atoms with Crippen LogP contribution in [-0.2, 0) is 11.3 Å². The zero-order chi connectivity index (χ0) is 23.4. The molecule has 0 saturated heterocycles. The van der Waals surface area contributed by atoms with E-state index in [1.165, 1.54) is 17.3 Å². The number of phenols is 1. The lowest BCUT2D eigenvalue weighted by Gasteiger charge is -2.13. The maximum absolute atomic E-state index is 12.7. The number of carbonyl (C=O) groups excluding carboxylic acids is 1. The fraction of sp³-hybridized carbons (Fsp3) is 0.192. The number of carbonyl (C=O) groups is 1. The summed E-state index contributed by atoms with van der Waals surface area (Å²) in [6.07, 6.45) is 0. The van der Waals surface area contributed by atoms with Gasteiger partial charge in [-0.1, -0.05) is 71.9 Å². The van der Waals surface area contributed by atoms with Crippen LogP contribution >= 0.6 is 11.8 Å². The molecule has 1 amide bonds. The fourth-order valence-electron chi connectivity index (χ4n) is 3.85. The maximum Gasteiger partial charge on any atom is 0.234 e. The van der Waals surface area contributed by atoms with Crippen LogP contribution in [0.2, 0.25) is 0 Å². The van der Waals surface area contributed by atoms with Crippen molar-refractivity contribution in [2.45, 2.75) is 32.5 Å². The number of anilines is 1. The summed E-state index contributed by atoms with van der Waals surface area (Å²) in [7, 11) is 0. The van der Waals surface area contributed by atoms with Crippen LogP contribution in [0.4, 0.5) is 5.69 Å². The fourth-order valence-corrected chi connectivity index (χ4v) is 4.59. The zero-order valence-corrected chi connectivity index (χ0v) is 19.7. The SMILES string of the molecule is Cc1cc(C)c(NC(=O)CSc2nnc(-c3ccccc3O)n2Cc2ccccc2)c(C)c1. The lowest BCUT2D eigenvalue weighted by atomic mass is 10.1. The number of aryl methyl sites for hydroxylation is 3. The molecule has 3 aromatic carbocycles. The second kappa shape index (κ2) is 9.92. The third kappa shape index (κ3) is 5.26. The van der Waals surface area contributed by atoms with E-state index in [0.29, 0.717) is 23.1 Å². The van der Waals surface area contributed by atoms with Crippen molar-refractivity contribution in [1.82, 2.24) is 14.8 Å². The zero-order valence-electron chi connectivity index (χ0n) is 18.9. The molecule has 0 bridgehead atoms. The van der Waals surface area contributed by atoms with Gasteiger partial charge in [0.1, 0.15) is 5.75 Å². The number of aromatic nitrogens is 3. The summed E-state index contributed by atoms with van der Waals surface area (Å²) >= 11 is 1.33. The molecule has 0 radical (unpaired) electrons. The first-order valence-corrected chi connectivity index (χ1v) is 11.7. The molecule has 0 atom stereocenters. The van der Waals surface area contributed by atoms with E-state index in [-0.39, 0.29) is 17.4 Å². The van der Waals surface area contributed by atoms with Crippen molar-refractivity contribution >= 4 is 23.4 Å². The molecule has 0 aliphatic heterocycles. The Morgan fingerprint density at radius 2 is 1.64 bits per heavy atom. The van der Waals surface area contributed by atoms with Crippen LogP contribution in [-0.4, -0.2) is 31.5 Å². The molecule has 4 rings (SSSR count). The van der Waals surface area contributed by atoms with Crippen molar-refractivity contribution in [3.8, 4) is 17.1 Å². The van der Waals surface area contributed by atoms with Gasteiger partial charge in [-0.25, -0.2) is 0 Å². The summed E-state index contributed by atoms with van der Waals surface area (Å²) in [6, 6.07) is 21.2. The quantitative estimate of drug-likeness (QED) is 0.365. The molecular weight excluding hydrogens is 432 g/mol. The number of nitrogens with zero attached hydrogens (tertiary/aromatic N) is 3. The minimum atomic E-state index is -0.103. The molecule has 1 heterocycles. The Balaban J connectivity index is 1.57. The average Bonchev–Trinajstić information content (AvgIpc) is 3.18. The molecule has 0 aliphatic rings. The Morgan fingerprint density at radius 3 is 2.33 bits per heavy atom. The summed E-state index contributed by atoms with van der Waals surface area (Å²) in [5, 5.41) is 22.7. The molecule has 1 aromatic heterocycles. The number of amides is 1. The molecule has 4 aromatic rings. The second-order valence-electron chi connectivity index (χ2n) is 8.01. The van der Waals surface area contributed by atoms with Crippen LogP contribution in [0.3, 0.4) is 0 Å². The predicted molar refractivity (Wildman–Crippen MR) is 133 cm³/mol. The van der Waals surface area contributed by atoms with Crippen LogP contribution in [0.1, 0.15) is 22.3 Å². The van der Waals surface area contributed by atoms with E-state index >= 15 is 0 Å². The smallest absolute Gasteiger partial charge is 0.234 e. The number of para-hydroxylation sites is 1. The van der Waals surface area contributed by atoms with Crippen LogP contribution in [0, 0.1) is 20.8 Å². The highest BCUT2D eigenvalue weighted by molar-refractivity contribution is 7.99. The molecule has 0 aliphatic carbocycles. The minimum Gasteiger partial charge on any atom is -0.507 e. The van der Waals surface area contributed by atoms with Crippen molar-refractivity contribution in [2.24, 2.45) is 0 Å². The molecular formula is C26H26N4O2S. The van der Waals surface area contributed by atoms with Gasteiger partial charge >= 0.3 is 0 Å².